The first-order valence-electron chi connectivity index (χ1n) is 5.63. The van der Waals surface area contributed by atoms with Gasteiger partial charge in [0.15, 0.2) is 11.6 Å². The summed E-state index contributed by atoms with van der Waals surface area (Å²) in [5.74, 6) is -1.56. The highest BCUT2D eigenvalue weighted by molar-refractivity contribution is 5.25. The van der Waals surface area contributed by atoms with Crippen LogP contribution >= 0.6 is 0 Å². The van der Waals surface area contributed by atoms with Crippen molar-refractivity contribution in [3.8, 4) is 0 Å². The van der Waals surface area contributed by atoms with Crippen LogP contribution in [0.2, 0.25) is 0 Å². The van der Waals surface area contributed by atoms with E-state index in [-0.39, 0.29) is 5.41 Å². The maximum Gasteiger partial charge on any atom is 0.159 e. The molecule has 3 heteroatoms. The molecule has 1 rings (SSSR count). The zero-order valence-corrected chi connectivity index (χ0v) is 10.1. The Morgan fingerprint density at radius 2 is 1.88 bits per heavy atom. The number of hydrogen-bond acceptors (Lipinski definition) is 1. The van der Waals surface area contributed by atoms with E-state index in [1.54, 1.807) is 6.07 Å². The number of benzene rings is 1. The average Bonchev–Trinajstić information content (AvgIpc) is 2.22. The summed E-state index contributed by atoms with van der Waals surface area (Å²) in [5, 5.41) is 3.23. The Morgan fingerprint density at radius 3 is 2.44 bits per heavy atom. The first-order valence-corrected chi connectivity index (χ1v) is 5.63. The lowest BCUT2D eigenvalue weighted by atomic mass is 9.81. The molecule has 0 spiro atoms. The van der Waals surface area contributed by atoms with Crippen LogP contribution < -0.4 is 5.32 Å². The molecule has 1 aromatic rings. The van der Waals surface area contributed by atoms with Gasteiger partial charge in [0.25, 0.3) is 0 Å². The summed E-state index contributed by atoms with van der Waals surface area (Å²) in [6.45, 7) is 7.93. The predicted octanol–water partition coefficient (Wildman–Crippen LogP) is 3.24. The van der Waals surface area contributed by atoms with Gasteiger partial charge in [0, 0.05) is 0 Å². The molecule has 0 aliphatic rings. The zero-order valence-electron chi connectivity index (χ0n) is 10.1. The fraction of sp³-hybridized carbons (Fsp3) is 0.538. The Hall–Kier alpha value is -0.960. The standard InChI is InChI=1S/C13H19F2N/c1-4-16-8-7-13(2,3)10-5-6-11(14)12(15)9-10/h5-6,9,16H,4,7-8H2,1-3H3. The lowest BCUT2D eigenvalue weighted by molar-refractivity contribution is 0.451. The van der Waals surface area contributed by atoms with E-state index in [2.05, 4.69) is 5.32 Å². The van der Waals surface area contributed by atoms with Gasteiger partial charge in [0.05, 0.1) is 0 Å². The Morgan fingerprint density at radius 1 is 1.19 bits per heavy atom. The number of nitrogens with one attached hydrogen (secondary N) is 1. The molecule has 0 aromatic heterocycles. The van der Waals surface area contributed by atoms with Gasteiger partial charge in [-0.25, -0.2) is 8.78 Å². The molecule has 0 aliphatic heterocycles. The van der Waals surface area contributed by atoms with Crippen LogP contribution in [0.15, 0.2) is 18.2 Å². The number of halogens is 2. The summed E-state index contributed by atoms with van der Waals surface area (Å²) in [4.78, 5) is 0. The second-order valence-electron chi connectivity index (χ2n) is 4.62. The molecule has 0 saturated heterocycles. The van der Waals surface area contributed by atoms with Crippen molar-refractivity contribution in [3.05, 3.63) is 35.4 Å². The highest BCUT2D eigenvalue weighted by Gasteiger charge is 2.21. The topological polar surface area (TPSA) is 12.0 Å². The van der Waals surface area contributed by atoms with E-state index in [9.17, 15) is 8.78 Å². The first kappa shape index (κ1) is 13.1. The average molecular weight is 227 g/mol. The minimum Gasteiger partial charge on any atom is -0.317 e. The van der Waals surface area contributed by atoms with Gasteiger partial charge in [-0.3, -0.25) is 0 Å². The maximum absolute atomic E-state index is 13.1. The molecule has 1 nitrogen and oxygen atoms in total. The highest BCUT2D eigenvalue weighted by Crippen LogP contribution is 2.27. The van der Waals surface area contributed by atoms with E-state index in [0.29, 0.717) is 0 Å². The van der Waals surface area contributed by atoms with Gasteiger partial charge >= 0.3 is 0 Å². The van der Waals surface area contributed by atoms with E-state index in [0.717, 1.165) is 25.1 Å². The van der Waals surface area contributed by atoms with E-state index >= 15 is 0 Å². The number of rotatable bonds is 5. The Bertz CT molecular complexity index is 348. The van der Waals surface area contributed by atoms with Crippen LogP contribution in [-0.2, 0) is 5.41 Å². The van der Waals surface area contributed by atoms with Crippen molar-refractivity contribution in [2.45, 2.75) is 32.6 Å². The largest absolute Gasteiger partial charge is 0.317 e. The van der Waals surface area contributed by atoms with Gasteiger partial charge in [0.1, 0.15) is 0 Å². The lowest BCUT2D eigenvalue weighted by Gasteiger charge is -2.25. The van der Waals surface area contributed by atoms with Crippen LogP contribution in [0.1, 0.15) is 32.8 Å². The zero-order chi connectivity index (χ0) is 12.2. The molecule has 0 heterocycles. The minimum absolute atomic E-state index is 0.142. The van der Waals surface area contributed by atoms with Gasteiger partial charge in [-0.05, 0) is 42.6 Å². The van der Waals surface area contributed by atoms with Gasteiger partial charge in [-0.1, -0.05) is 26.8 Å². The summed E-state index contributed by atoms with van der Waals surface area (Å²) in [6, 6.07) is 4.14. The Labute approximate surface area is 95.9 Å². The van der Waals surface area contributed by atoms with Crippen LogP contribution in [-0.4, -0.2) is 13.1 Å². The second-order valence-corrected chi connectivity index (χ2v) is 4.62. The molecule has 1 aromatic carbocycles. The smallest absolute Gasteiger partial charge is 0.159 e. The molecule has 0 amide bonds. The quantitative estimate of drug-likeness (QED) is 0.761. The molecule has 0 saturated carbocycles. The fourth-order valence-electron chi connectivity index (χ4n) is 1.64. The Kier molecular flexibility index (Phi) is 4.42. The third-order valence-corrected chi connectivity index (χ3v) is 2.88. The van der Waals surface area contributed by atoms with Crippen LogP contribution in [0.25, 0.3) is 0 Å². The summed E-state index contributed by atoms with van der Waals surface area (Å²) < 4.78 is 25.9. The summed E-state index contributed by atoms with van der Waals surface area (Å²) in [7, 11) is 0. The monoisotopic (exact) mass is 227 g/mol. The van der Waals surface area contributed by atoms with Gasteiger partial charge < -0.3 is 5.32 Å². The van der Waals surface area contributed by atoms with Crippen molar-refractivity contribution in [3.63, 3.8) is 0 Å². The fourth-order valence-corrected chi connectivity index (χ4v) is 1.64. The third-order valence-electron chi connectivity index (χ3n) is 2.88. The molecular weight excluding hydrogens is 208 g/mol. The van der Waals surface area contributed by atoms with Gasteiger partial charge in [-0.15, -0.1) is 0 Å². The molecule has 90 valence electrons. The Balaban J connectivity index is 2.76. The van der Waals surface area contributed by atoms with E-state index < -0.39 is 11.6 Å². The van der Waals surface area contributed by atoms with Crippen LogP contribution in [0, 0.1) is 11.6 Å². The minimum atomic E-state index is -0.786. The van der Waals surface area contributed by atoms with Gasteiger partial charge in [-0.2, -0.15) is 0 Å². The van der Waals surface area contributed by atoms with Crippen molar-refractivity contribution in [1.82, 2.24) is 5.32 Å². The second kappa shape index (κ2) is 5.39. The van der Waals surface area contributed by atoms with Crippen molar-refractivity contribution in [2.75, 3.05) is 13.1 Å². The molecule has 0 radical (unpaired) electrons. The summed E-state index contributed by atoms with van der Waals surface area (Å²) >= 11 is 0. The van der Waals surface area contributed by atoms with E-state index in [4.69, 9.17) is 0 Å². The molecule has 1 N–H and O–H groups in total. The SMILES string of the molecule is CCNCCC(C)(C)c1ccc(F)c(F)c1. The van der Waals surface area contributed by atoms with E-state index in [1.165, 1.54) is 12.1 Å². The molecular formula is C13H19F2N. The van der Waals surface area contributed by atoms with Crippen LogP contribution in [0.4, 0.5) is 8.78 Å². The van der Waals surface area contributed by atoms with Crippen LogP contribution in [0.5, 0.6) is 0 Å². The highest BCUT2D eigenvalue weighted by atomic mass is 19.2. The van der Waals surface area contributed by atoms with Crippen molar-refractivity contribution < 1.29 is 8.78 Å². The molecule has 16 heavy (non-hydrogen) atoms. The van der Waals surface area contributed by atoms with Crippen LogP contribution in [0.3, 0.4) is 0 Å². The van der Waals surface area contributed by atoms with Crippen molar-refractivity contribution in [2.24, 2.45) is 0 Å². The summed E-state index contributed by atoms with van der Waals surface area (Å²) in [6.07, 6.45) is 0.895. The normalized spacial score (nSPS) is 11.8. The van der Waals surface area contributed by atoms with Gasteiger partial charge in [0.2, 0.25) is 0 Å². The number of hydrogen-bond donors (Lipinski definition) is 1. The molecule has 0 bridgehead atoms. The summed E-state index contributed by atoms with van der Waals surface area (Å²) in [5.41, 5.74) is 0.695. The predicted molar refractivity (Wildman–Crippen MR) is 62.5 cm³/mol. The molecule has 0 unspecified atom stereocenters. The van der Waals surface area contributed by atoms with Crippen molar-refractivity contribution in [1.29, 1.82) is 0 Å². The third kappa shape index (κ3) is 3.27. The molecule has 0 atom stereocenters. The molecule has 0 aliphatic carbocycles. The lowest BCUT2D eigenvalue weighted by Crippen LogP contribution is -2.25. The van der Waals surface area contributed by atoms with E-state index in [1.807, 2.05) is 20.8 Å². The maximum atomic E-state index is 13.1. The first-order chi connectivity index (χ1) is 7.47. The van der Waals surface area contributed by atoms with Crippen molar-refractivity contribution >= 4 is 0 Å². The molecule has 0 fully saturated rings.